The van der Waals surface area contributed by atoms with Gasteiger partial charge in [-0.25, -0.2) is 0 Å². The van der Waals surface area contributed by atoms with E-state index in [1.54, 1.807) is 0 Å². The first-order valence-corrected chi connectivity index (χ1v) is 4.74. The molecule has 0 N–H and O–H groups in total. The molecule has 1 unspecified atom stereocenters. The van der Waals surface area contributed by atoms with E-state index in [1.807, 2.05) is 25.2 Å². The first-order valence-electron chi connectivity index (χ1n) is 3.15. The molecule has 54 valence electrons. The van der Waals surface area contributed by atoms with Crippen molar-refractivity contribution in [2.75, 3.05) is 13.3 Å². The minimum absolute atomic E-state index is 0.0846. The van der Waals surface area contributed by atoms with Gasteiger partial charge in [0.15, 0.2) is 0 Å². The molecule has 0 bridgehead atoms. The molecule has 2 heteroatoms. The minimum Gasteiger partial charge on any atom is -0.264 e. The average Bonchev–Trinajstić information content (AvgIpc) is 2.05. The highest BCUT2D eigenvalue weighted by Gasteiger charge is 1.88. The largest absolute Gasteiger partial charge is 0.264 e. The lowest BCUT2D eigenvalue weighted by molar-refractivity contribution is 1.42. The summed E-state index contributed by atoms with van der Waals surface area (Å²) in [6.45, 7) is 0. The van der Waals surface area contributed by atoms with E-state index in [1.165, 1.54) is 4.90 Å². The van der Waals surface area contributed by atoms with Crippen molar-refractivity contribution in [3.63, 3.8) is 0 Å². The summed E-state index contributed by atoms with van der Waals surface area (Å²) in [4.78, 5) is 1.31. The van der Waals surface area contributed by atoms with Gasteiger partial charge in [0.05, 0.1) is 0 Å². The van der Waals surface area contributed by atoms with E-state index in [9.17, 15) is 0 Å². The highest BCUT2D eigenvalue weighted by Crippen LogP contribution is 2.04. The van der Waals surface area contributed by atoms with Gasteiger partial charge in [0.2, 0.25) is 0 Å². The van der Waals surface area contributed by atoms with Gasteiger partial charge < -0.3 is 0 Å². The summed E-state index contributed by atoms with van der Waals surface area (Å²) in [5.74, 6) is 0. The van der Waals surface area contributed by atoms with Crippen LogP contribution in [0.5, 0.6) is 0 Å². The summed E-state index contributed by atoms with van der Waals surface area (Å²) in [6.07, 6.45) is 2.12. The lowest BCUT2D eigenvalue weighted by atomic mass is 10.4. The predicted octanol–water partition coefficient (Wildman–Crippen LogP) is 2.11. The molecular formula is C8H11NS. The molecular weight excluding hydrogens is 142 g/mol. The fraction of sp³-hybridized carbons (Fsp3) is 0.250. The standard InChI is InChI=1S/C8H11NS/c1-9-10(2)8-6-4-3-5-7-8/h3-7H,1-2H3. The molecule has 0 amide bonds. The van der Waals surface area contributed by atoms with Crippen molar-refractivity contribution in [2.24, 2.45) is 4.36 Å². The van der Waals surface area contributed by atoms with Gasteiger partial charge in [-0.1, -0.05) is 28.9 Å². The predicted molar refractivity (Wildman–Crippen MR) is 46.3 cm³/mol. The van der Waals surface area contributed by atoms with Crippen LogP contribution in [-0.2, 0) is 10.7 Å². The second-order valence-electron chi connectivity index (χ2n) is 1.97. The summed E-state index contributed by atoms with van der Waals surface area (Å²) >= 11 is 0. The molecule has 0 saturated carbocycles. The van der Waals surface area contributed by atoms with Crippen LogP contribution in [0.1, 0.15) is 0 Å². The molecule has 1 atom stereocenters. The van der Waals surface area contributed by atoms with Gasteiger partial charge in [0.25, 0.3) is 0 Å². The van der Waals surface area contributed by atoms with Crippen molar-refractivity contribution in [1.82, 2.24) is 0 Å². The number of benzene rings is 1. The minimum atomic E-state index is 0.0846. The van der Waals surface area contributed by atoms with Crippen LogP contribution < -0.4 is 0 Å². The lowest BCUT2D eigenvalue weighted by Crippen LogP contribution is -1.84. The molecule has 0 aliphatic heterocycles. The fourth-order valence-corrected chi connectivity index (χ4v) is 1.48. The zero-order chi connectivity index (χ0) is 7.40. The van der Waals surface area contributed by atoms with Crippen LogP contribution >= 0.6 is 0 Å². The highest BCUT2D eigenvalue weighted by molar-refractivity contribution is 7.86. The first kappa shape index (κ1) is 7.48. The SMILES string of the molecule is CN=S(C)c1ccccc1. The molecule has 0 aliphatic rings. The molecule has 1 nitrogen and oxygen atoms in total. The zero-order valence-corrected chi connectivity index (χ0v) is 7.06. The Bertz CT molecular complexity index is 228. The van der Waals surface area contributed by atoms with E-state index in [0.717, 1.165) is 0 Å². The normalized spacial score (nSPS) is 13.4. The topological polar surface area (TPSA) is 12.4 Å². The molecule has 10 heavy (non-hydrogen) atoms. The van der Waals surface area contributed by atoms with E-state index in [4.69, 9.17) is 0 Å². The molecule has 0 radical (unpaired) electrons. The van der Waals surface area contributed by atoms with Gasteiger partial charge in [-0.2, -0.15) is 0 Å². The van der Waals surface area contributed by atoms with Gasteiger partial charge in [0.1, 0.15) is 0 Å². The third kappa shape index (κ3) is 1.67. The van der Waals surface area contributed by atoms with Gasteiger partial charge in [-0.15, -0.1) is 0 Å². The third-order valence-corrected chi connectivity index (χ3v) is 2.86. The van der Waals surface area contributed by atoms with Gasteiger partial charge in [-0.05, 0) is 18.4 Å². The van der Waals surface area contributed by atoms with Crippen molar-refractivity contribution < 1.29 is 0 Å². The fourth-order valence-electron chi connectivity index (χ4n) is 0.723. The Hall–Kier alpha value is -0.630. The van der Waals surface area contributed by atoms with Crippen LogP contribution in [0, 0.1) is 0 Å². The van der Waals surface area contributed by atoms with E-state index >= 15 is 0 Å². The molecule has 0 aliphatic carbocycles. The lowest BCUT2D eigenvalue weighted by Gasteiger charge is -1.97. The molecule has 0 heterocycles. The van der Waals surface area contributed by atoms with Gasteiger partial charge >= 0.3 is 0 Å². The van der Waals surface area contributed by atoms with E-state index in [2.05, 4.69) is 22.8 Å². The highest BCUT2D eigenvalue weighted by atomic mass is 32.2. The van der Waals surface area contributed by atoms with Crippen LogP contribution in [-0.4, -0.2) is 13.3 Å². The van der Waals surface area contributed by atoms with Gasteiger partial charge in [-0.3, -0.25) is 4.36 Å². The van der Waals surface area contributed by atoms with E-state index in [-0.39, 0.29) is 10.7 Å². The van der Waals surface area contributed by atoms with Crippen molar-refractivity contribution in [3.8, 4) is 0 Å². The van der Waals surface area contributed by atoms with Crippen LogP contribution in [0.3, 0.4) is 0 Å². The number of rotatable bonds is 1. The number of hydrogen-bond donors (Lipinski definition) is 0. The van der Waals surface area contributed by atoms with E-state index in [0.29, 0.717) is 0 Å². The number of nitrogens with zero attached hydrogens (tertiary/aromatic N) is 1. The monoisotopic (exact) mass is 153 g/mol. The third-order valence-electron chi connectivity index (χ3n) is 1.36. The maximum Gasteiger partial charge on any atom is 0.0350 e. The number of hydrogen-bond acceptors (Lipinski definition) is 1. The summed E-state index contributed by atoms with van der Waals surface area (Å²) < 4.78 is 4.19. The Morgan fingerprint density at radius 3 is 2.30 bits per heavy atom. The summed E-state index contributed by atoms with van der Waals surface area (Å²) in [5.41, 5.74) is 0. The maximum absolute atomic E-state index is 4.19. The van der Waals surface area contributed by atoms with Crippen LogP contribution in [0.15, 0.2) is 39.6 Å². The van der Waals surface area contributed by atoms with Crippen LogP contribution in [0.25, 0.3) is 0 Å². The summed E-state index contributed by atoms with van der Waals surface area (Å²) in [6, 6.07) is 10.3. The molecule has 0 spiro atoms. The Morgan fingerprint density at radius 2 is 1.80 bits per heavy atom. The molecule has 1 rings (SSSR count). The van der Waals surface area contributed by atoms with Crippen molar-refractivity contribution in [3.05, 3.63) is 30.3 Å². The Labute approximate surface area is 64.2 Å². The summed E-state index contributed by atoms with van der Waals surface area (Å²) in [7, 11) is 1.94. The quantitative estimate of drug-likeness (QED) is 0.586. The second-order valence-corrected chi connectivity index (χ2v) is 3.77. The maximum atomic E-state index is 4.19. The second kappa shape index (κ2) is 3.52. The zero-order valence-electron chi connectivity index (χ0n) is 6.24. The van der Waals surface area contributed by atoms with Crippen molar-refractivity contribution in [1.29, 1.82) is 0 Å². The first-order chi connectivity index (χ1) is 4.84. The van der Waals surface area contributed by atoms with Crippen molar-refractivity contribution in [2.45, 2.75) is 4.90 Å². The van der Waals surface area contributed by atoms with E-state index < -0.39 is 0 Å². The van der Waals surface area contributed by atoms with Gasteiger partial charge in [0, 0.05) is 11.9 Å². The molecule has 1 aromatic carbocycles. The van der Waals surface area contributed by atoms with Crippen LogP contribution in [0.4, 0.5) is 0 Å². The average molecular weight is 153 g/mol. The molecule has 0 fully saturated rings. The molecule has 1 aromatic rings. The van der Waals surface area contributed by atoms with Crippen molar-refractivity contribution >= 4 is 10.7 Å². The van der Waals surface area contributed by atoms with Crippen LogP contribution in [0.2, 0.25) is 0 Å². The smallest absolute Gasteiger partial charge is 0.0350 e. The Kier molecular flexibility index (Phi) is 2.63. The summed E-state index contributed by atoms with van der Waals surface area (Å²) in [5, 5.41) is 0. The Morgan fingerprint density at radius 1 is 1.20 bits per heavy atom. The molecule has 0 aromatic heterocycles. The molecule has 0 saturated heterocycles. The Balaban J connectivity index is 2.96.